The van der Waals surface area contributed by atoms with Gasteiger partial charge >= 0.3 is 6.18 Å². The molecule has 4 aromatic carbocycles. The third-order valence-corrected chi connectivity index (χ3v) is 8.13. The zero-order valence-corrected chi connectivity index (χ0v) is 24.8. The minimum absolute atomic E-state index is 0.0206. The van der Waals surface area contributed by atoms with E-state index in [0.29, 0.717) is 44.4 Å². The van der Waals surface area contributed by atoms with E-state index < -0.39 is 29.1 Å². The molecule has 0 aliphatic rings. The molecule has 1 heterocycles. The lowest BCUT2D eigenvalue weighted by molar-refractivity contribution is -0.137. The molecular weight excluding hydrogens is 587 g/mol. The average molecular weight is 618 g/mol. The van der Waals surface area contributed by atoms with Crippen LogP contribution >= 0.6 is 0 Å². The Kier molecular flexibility index (Phi) is 7.87. The van der Waals surface area contributed by atoms with Gasteiger partial charge in [-0.25, -0.2) is 0 Å². The number of aromatic amines is 1. The molecule has 0 bridgehead atoms. The summed E-state index contributed by atoms with van der Waals surface area (Å²) < 4.78 is 39.5. The van der Waals surface area contributed by atoms with E-state index in [2.05, 4.69) is 4.98 Å². The number of hydrogen-bond donors (Lipinski definition) is 5. The number of rotatable bonds is 7. The Balaban J connectivity index is 1.73. The molecule has 0 aliphatic carbocycles. The normalized spacial score (nSPS) is 11.7. The highest BCUT2D eigenvalue weighted by Crippen LogP contribution is 2.41. The van der Waals surface area contributed by atoms with Gasteiger partial charge in [-0.1, -0.05) is 18.2 Å². The number of hydrogen-bond acceptors (Lipinski definition) is 6. The van der Waals surface area contributed by atoms with Crippen LogP contribution in [-0.2, 0) is 19.0 Å². The van der Waals surface area contributed by atoms with Gasteiger partial charge in [0, 0.05) is 40.6 Å². The van der Waals surface area contributed by atoms with Gasteiger partial charge < -0.3 is 25.4 Å². The first-order chi connectivity index (χ1) is 21.1. The van der Waals surface area contributed by atoms with E-state index in [-0.39, 0.29) is 52.3 Å². The Morgan fingerprint density at radius 1 is 0.667 bits per heavy atom. The fraction of sp³-hybridized carbons (Fsp3) is 0.200. The van der Waals surface area contributed by atoms with Gasteiger partial charge in [0.25, 0.3) is 0 Å². The van der Waals surface area contributed by atoms with E-state index >= 15 is 0 Å². The molecule has 5 aromatic rings. The number of halogens is 3. The fourth-order valence-electron chi connectivity index (χ4n) is 5.64. The van der Waals surface area contributed by atoms with E-state index in [1.165, 1.54) is 38.1 Å². The topological polar surface area (TPSA) is 131 Å². The maximum Gasteiger partial charge on any atom is 0.416 e. The predicted molar refractivity (Wildman–Crippen MR) is 163 cm³/mol. The number of fused-ring (bicyclic) bond motifs is 1. The van der Waals surface area contributed by atoms with Gasteiger partial charge in [-0.15, -0.1) is 0 Å². The second kappa shape index (κ2) is 11.4. The SMILES string of the molecule is CC(=O)c1cc(C)c(O)c(Cc2[nH]c3ccc(-c4ccc(C(F)(F)F)cc4)cc3c2Cc2c(O)c(C)cc(C(C)=O)c2O)c1O. The Morgan fingerprint density at radius 3 is 1.64 bits per heavy atom. The monoisotopic (exact) mass is 617 g/mol. The summed E-state index contributed by atoms with van der Waals surface area (Å²) in [6.07, 6.45) is -4.68. The molecule has 0 spiro atoms. The molecule has 5 rings (SSSR count). The number of aryl methyl sites for hydroxylation is 2. The standard InChI is InChI=1S/C35H30F3NO6/c1-16-11-23(18(3)40)33(44)27(31(16)42)14-26-25-13-21(20-5-8-22(9-6-20)35(36,37)38)7-10-29(25)39-30(26)15-28-32(43)17(2)12-24(19(4)41)34(28)45/h5-13,39,42-45H,14-15H2,1-4H3. The predicted octanol–water partition coefficient (Wildman–Crippen LogP) is 7.88. The molecule has 0 saturated heterocycles. The summed E-state index contributed by atoms with van der Waals surface area (Å²) in [5.41, 5.74) is 2.83. The maximum atomic E-state index is 13.2. The van der Waals surface area contributed by atoms with Crippen molar-refractivity contribution in [2.75, 3.05) is 0 Å². The van der Waals surface area contributed by atoms with Crippen molar-refractivity contribution in [1.82, 2.24) is 4.98 Å². The summed E-state index contributed by atoms with van der Waals surface area (Å²) in [7, 11) is 0. The van der Waals surface area contributed by atoms with Crippen LogP contribution in [0.15, 0.2) is 54.6 Å². The Labute approximate surface area is 256 Å². The molecule has 0 unspecified atom stereocenters. The van der Waals surface area contributed by atoms with E-state index in [1.807, 2.05) is 0 Å². The number of Topliss-reactive ketones (excluding diaryl/α,β-unsaturated/α-hetero) is 2. The van der Waals surface area contributed by atoms with Crippen molar-refractivity contribution in [1.29, 1.82) is 0 Å². The Hall–Kier alpha value is -5.25. The zero-order chi connectivity index (χ0) is 33.0. The molecule has 45 heavy (non-hydrogen) atoms. The number of phenols is 4. The molecule has 232 valence electrons. The van der Waals surface area contributed by atoms with Crippen LogP contribution in [0.4, 0.5) is 13.2 Å². The molecule has 0 fully saturated rings. The second-order valence-electron chi connectivity index (χ2n) is 11.2. The third-order valence-electron chi connectivity index (χ3n) is 8.13. The first kappa shape index (κ1) is 31.2. The number of aromatic nitrogens is 1. The molecule has 5 N–H and O–H groups in total. The van der Waals surface area contributed by atoms with Crippen LogP contribution in [0.2, 0.25) is 0 Å². The molecule has 10 heteroatoms. The lowest BCUT2D eigenvalue weighted by Gasteiger charge is -2.16. The number of phenolic OH excluding ortho intramolecular Hbond substituents is 4. The molecule has 0 atom stereocenters. The number of H-pyrrole nitrogens is 1. The van der Waals surface area contributed by atoms with Crippen LogP contribution in [0.25, 0.3) is 22.0 Å². The summed E-state index contributed by atoms with van der Waals surface area (Å²) in [6, 6.07) is 12.7. The lowest BCUT2D eigenvalue weighted by atomic mass is 9.91. The van der Waals surface area contributed by atoms with Crippen LogP contribution in [0, 0.1) is 13.8 Å². The van der Waals surface area contributed by atoms with Gasteiger partial charge in [0.05, 0.1) is 16.7 Å². The van der Waals surface area contributed by atoms with Gasteiger partial charge in [0.1, 0.15) is 23.0 Å². The van der Waals surface area contributed by atoms with E-state index in [9.17, 15) is 43.2 Å². The fourth-order valence-corrected chi connectivity index (χ4v) is 5.64. The van der Waals surface area contributed by atoms with Gasteiger partial charge in [0.2, 0.25) is 0 Å². The van der Waals surface area contributed by atoms with Crippen molar-refractivity contribution in [3.8, 4) is 34.1 Å². The zero-order valence-electron chi connectivity index (χ0n) is 24.8. The van der Waals surface area contributed by atoms with Crippen molar-refractivity contribution in [3.63, 3.8) is 0 Å². The maximum absolute atomic E-state index is 13.2. The number of aromatic hydroxyl groups is 4. The van der Waals surface area contributed by atoms with Crippen LogP contribution in [0.5, 0.6) is 23.0 Å². The first-order valence-corrected chi connectivity index (χ1v) is 14.0. The van der Waals surface area contributed by atoms with Crippen molar-refractivity contribution in [2.24, 2.45) is 0 Å². The quantitative estimate of drug-likeness (QED) is 0.118. The molecular formula is C35H30F3NO6. The summed E-state index contributed by atoms with van der Waals surface area (Å²) in [4.78, 5) is 27.8. The first-order valence-electron chi connectivity index (χ1n) is 14.0. The molecule has 0 saturated carbocycles. The van der Waals surface area contributed by atoms with E-state index in [4.69, 9.17) is 0 Å². The van der Waals surface area contributed by atoms with Crippen LogP contribution in [0.1, 0.15) is 73.6 Å². The van der Waals surface area contributed by atoms with Crippen LogP contribution in [-0.4, -0.2) is 37.0 Å². The third kappa shape index (κ3) is 5.71. The minimum atomic E-state index is -4.49. The molecule has 1 aromatic heterocycles. The van der Waals surface area contributed by atoms with Gasteiger partial charge in [-0.2, -0.15) is 13.2 Å². The molecule has 7 nitrogen and oxygen atoms in total. The smallest absolute Gasteiger partial charge is 0.416 e. The largest absolute Gasteiger partial charge is 0.507 e. The van der Waals surface area contributed by atoms with Crippen LogP contribution in [0.3, 0.4) is 0 Å². The Morgan fingerprint density at radius 2 is 1.16 bits per heavy atom. The van der Waals surface area contributed by atoms with Crippen molar-refractivity contribution in [3.05, 3.63) is 105 Å². The molecule has 0 radical (unpaired) electrons. The minimum Gasteiger partial charge on any atom is -0.507 e. The van der Waals surface area contributed by atoms with E-state index in [1.54, 1.807) is 32.0 Å². The van der Waals surface area contributed by atoms with Crippen LogP contribution < -0.4 is 0 Å². The van der Waals surface area contributed by atoms with Gasteiger partial charge in [-0.05, 0) is 91.9 Å². The van der Waals surface area contributed by atoms with Gasteiger partial charge in [-0.3, -0.25) is 9.59 Å². The number of nitrogens with one attached hydrogen (secondary N) is 1. The highest BCUT2D eigenvalue weighted by molar-refractivity contribution is 5.99. The Bertz CT molecular complexity index is 2010. The lowest BCUT2D eigenvalue weighted by Crippen LogP contribution is -2.04. The number of carbonyl (C=O) groups excluding carboxylic acids is 2. The number of ketones is 2. The second-order valence-corrected chi connectivity index (χ2v) is 11.2. The number of alkyl halides is 3. The highest BCUT2D eigenvalue weighted by atomic mass is 19.4. The van der Waals surface area contributed by atoms with E-state index in [0.717, 1.165) is 12.1 Å². The highest BCUT2D eigenvalue weighted by Gasteiger charge is 2.30. The van der Waals surface area contributed by atoms with Crippen molar-refractivity contribution >= 4 is 22.5 Å². The summed E-state index contributed by atoms with van der Waals surface area (Å²) in [5.74, 6) is -2.04. The number of carbonyl (C=O) groups is 2. The van der Waals surface area contributed by atoms with Crippen molar-refractivity contribution < 1.29 is 43.2 Å². The van der Waals surface area contributed by atoms with Crippen molar-refractivity contribution in [2.45, 2.75) is 46.7 Å². The molecule has 0 amide bonds. The molecule has 0 aliphatic heterocycles. The summed E-state index contributed by atoms with van der Waals surface area (Å²) in [6.45, 7) is 5.77. The average Bonchev–Trinajstić information content (AvgIpc) is 3.32. The van der Waals surface area contributed by atoms with Gasteiger partial charge in [0.15, 0.2) is 11.6 Å². The summed E-state index contributed by atoms with van der Waals surface area (Å²) >= 11 is 0. The summed E-state index contributed by atoms with van der Waals surface area (Å²) in [5, 5.41) is 44.5. The number of benzene rings is 4.